The lowest BCUT2D eigenvalue weighted by Crippen LogP contribution is -2.19. The number of amides is 1. The predicted octanol–water partition coefficient (Wildman–Crippen LogP) is 2.49. The fraction of sp³-hybridized carbons (Fsp3) is 0.200. The molecule has 150 valence electrons. The number of hydrogen-bond donors (Lipinski definition) is 2. The van der Waals surface area contributed by atoms with Crippen LogP contribution >= 0.6 is 11.8 Å². The van der Waals surface area contributed by atoms with Crippen molar-refractivity contribution in [3.8, 4) is 0 Å². The number of hydrogen-bond acceptors (Lipinski definition) is 7. The summed E-state index contributed by atoms with van der Waals surface area (Å²) in [5.74, 6) is 5.96. The van der Waals surface area contributed by atoms with Gasteiger partial charge < -0.3 is 15.9 Å². The molecular formula is C20H21N5O3S. The predicted molar refractivity (Wildman–Crippen MR) is 111 cm³/mol. The summed E-state index contributed by atoms with van der Waals surface area (Å²) in [6.45, 7) is 1.99. The van der Waals surface area contributed by atoms with Crippen molar-refractivity contribution in [2.45, 2.75) is 18.5 Å². The summed E-state index contributed by atoms with van der Waals surface area (Å²) < 4.78 is 6.40. The summed E-state index contributed by atoms with van der Waals surface area (Å²) in [7, 11) is 0. The van der Waals surface area contributed by atoms with Crippen molar-refractivity contribution >= 4 is 29.3 Å². The van der Waals surface area contributed by atoms with E-state index >= 15 is 0 Å². The monoisotopic (exact) mass is 411 g/mol. The van der Waals surface area contributed by atoms with Gasteiger partial charge >= 0.3 is 5.97 Å². The normalized spacial score (nSPS) is 10.5. The molecule has 0 aliphatic rings. The number of nitrogens with two attached hydrogens (primary N) is 1. The smallest absolute Gasteiger partial charge is 0.340 e. The molecule has 0 bridgehead atoms. The number of esters is 1. The van der Waals surface area contributed by atoms with Gasteiger partial charge in [-0.05, 0) is 24.6 Å². The minimum atomic E-state index is -0.483. The Kier molecular flexibility index (Phi) is 6.85. The van der Waals surface area contributed by atoms with E-state index < -0.39 is 5.97 Å². The zero-order chi connectivity index (χ0) is 20.6. The van der Waals surface area contributed by atoms with Gasteiger partial charge in [0.25, 0.3) is 0 Å². The second kappa shape index (κ2) is 9.74. The third-order valence-electron chi connectivity index (χ3n) is 3.97. The zero-order valence-corrected chi connectivity index (χ0v) is 16.7. The van der Waals surface area contributed by atoms with Gasteiger partial charge in [-0.25, -0.2) is 9.47 Å². The molecule has 0 saturated heterocycles. The van der Waals surface area contributed by atoms with Gasteiger partial charge in [-0.1, -0.05) is 54.2 Å². The molecule has 1 aromatic heterocycles. The third kappa shape index (κ3) is 5.35. The first-order valence-corrected chi connectivity index (χ1v) is 9.99. The molecular weight excluding hydrogens is 390 g/mol. The number of thioether (sulfide) groups is 1. The number of rotatable bonds is 8. The first kappa shape index (κ1) is 20.4. The SMILES string of the molecule is CCOC(=O)c1ccccc1NC(=O)CSc1nnc(Cc2ccccc2)n1N. The lowest BCUT2D eigenvalue weighted by Gasteiger charge is -2.10. The van der Waals surface area contributed by atoms with Crippen molar-refractivity contribution in [3.05, 3.63) is 71.5 Å². The highest BCUT2D eigenvalue weighted by Gasteiger charge is 2.16. The highest BCUT2D eigenvalue weighted by atomic mass is 32.2. The van der Waals surface area contributed by atoms with E-state index in [0.29, 0.717) is 28.7 Å². The fourth-order valence-corrected chi connectivity index (χ4v) is 3.28. The summed E-state index contributed by atoms with van der Waals surface area (Å²) in [5, 5.41) is 11.3. The Morgan fingerprint density at radius 2 is 1.83 bits per heavy atom. The molecule has 0 radical (unpaired) electrons. The molecule has 3 aromatic rings. The average Bonchev–Trinajstić information content (AvgIpc) is 3.07. The molecule has 1 heterocycles. The van der Waals surface area contributed by atoms with E-state index in [2.05, 4.69) is 15.5 Å². The van der Waals surface area contributed by atoms with Crippen molar-refractivity contribution < 1.29 is 14.3 Å². The molecule has 0 fully saturated rings. The van der Waals surface area contributed by atoms with E-state index in [-0.39, 0.29) is 18.3 Å². The molecule has 0 spiro atoms. The first-order chi connectivity index (χ1) is 14.1. The highest BCUT2D eigenvalue weighted by Crippen LogP contribution is 2.19. The van der Waals surface area contributed by atoms with Crippen LogP contribution < -0.4 is 11.2 Å². The van der Waals surface area contributed by atoms with Crippen molar-refractivity contribution in [1.82, 2.24) is 14.9 Å². The number of anilines is 1. The molecule has 3 N–H and O–H groups in total. The van der Waals surface area contributed by atoms with Gasteiger partial charge in [0, 0.05) is 6.42 Å². The van der Waals surface area contributed by atoms with Crippen LogP contribution in [0.3, 0.4) is 0 Å². The quantitative estimate of drug-likeness (QED) is 0.333. The minimum absolute atomic E-state index is 0.0673. The van der Waals surface area contributed by atoms with Crippen LogP contribution in [0.1, 0.15) is 28.7 Å². The summed E-state index contributed by atoms with van der Waals surface area (Å²) in [5.41, 5.74) is 1.77. The Bertz CT molecular complexity index is 991. The second-order valence-electron chi connectivity index (χ2n) is 6.03. The first-order valence-electron chi connectivity index (χ1n) is 9.00. The molecule has 0 aliphatic carbocycles. The number of nitrogen functional groups attached to an aromatic ring is 1. The Balaban J connectivity index is 1.60. The third-order valence-corrected chi connectivity index (χ3v) is 4.91. The van der Waals surface area contributed by atoms with Gasteiger partial charge in [0.15, 0.2) is 5.82 Å². The van der Waals surface area contributed by atoms with Gasteiger partial charge in [-0.3, -0.25) is 4.79 Å². The Morgan fingerprint density at radius 3 is 2.59 bits per heavy atom. The standard InChI is InChI=1S/C20H21N5O3S/c1-2-28-19(27)15-10-6-7-11-16(15)22-18(26)13-29-20-24-23-17(25(20)21)12-14-8-4-3-5-9-14/h3-11H,2,12-13,21H2,1H3,(H,22,26). The number of para-hydroxylation sites is 1. The van der Waals surface area contributed by atoms with Crippen LogP contribution in [-0.4, -0.2) is 39.1 Å². The van der Waals surface area contributed by atoms with Crippen LogP contribution in [-0.2, 0) is 16.0 Å². The molecule has 0 unspecified atom stereocenters. The number of ether oxygens (including phenoxy) is 1. The number of carbonyl (C=O) groups excluding carboxylic acids is 2. The van der Waals surface area contributed by atoms with Crippen molar-refractivity contribution in [2.75, 3.05) is 23.5 Å². The molecule has 8 nitrogen and oxygen atoms in total. The molecule has 0 saturated carbocycles. The topological polar surface area (TPSA) is 112 Å². The number of carbonyl (C=O) groups is 2. The number of benzene rings is 2. The van der Waals surface area contributed by atoms with E-state index in [0.717, 1.165) is 5.56 Å². The van der Waals surface area contributed by atoms with Crippen LogP contribution in [0.4, 0.5) is 5.69 Å². The Morgan fingerprint density at radius 1 is 1.10 bits per heavy atom. The van der Waals surface area contributed by atoms with Crippen LogP contribution in [0, 0.1) is 0 Å². The van der Waals surface area contributed by atoms with Crippen LogP contribution in [0.25, 0.3) is 0 Å². The molecule has 2 aromatic carbocycles. The van der Waals surface area contributed by atoms with E-state index in [4.69, 9.17) is 10.6 Å². The van der Waals surface area contributed by atoms with Crippen LogP contribution in [0.5, 0.6) is 0 Å². The van der Waals surface area contributed by atoms with Crippen LogP contribution in [0.15, 0.2) is 59.8 Å². The molecule has 3 rings (SSSR count). The number of aromatic nitrogens is 3. The lowest BCUT2D eigenvalue weighted by molar-refractivity contribution is -0.113. The van der Waals surface area contributed by atoms with Crippen LogP contribution in [0.2, 0.25) is 0 Å². The van der Waals surface area contributed by atoms with Crippen molar-refractivity contribution in [2.24, 2.45) is 0 Å². The van der Waals surface area contributed by atoms with E-state index in [1.54, 1.807) is 31.2 Å². The van der Waals surface area contributed by atoms with E-state index in [1.807, 2.05) is 30.3 Å². The molecule has 29 heavy (non-hydrogen) atoms. The molecule has 0 aliphatic heterocycles. The summed E-state index contributed by atoms with van der Waals surface area (Å²) in [6, 6.07) is 16.5. The number of nitrogens with zero attached hydrogens (tertiary/aromatic N) is 3. The second-order valence-corrected chi connectivity index (χ2v) is 6.98. The maximum absolute atomic E-state index is 12.3. The summed E-state index contributed by atoms with van der Waals surface area (Å²) in [4.78, 5) is 24.4. The van der Waals surface area contributed by atoms with E-state index in [9.17, 15) is 9.59 Å². The summed E-state index contributed by atoms with van der Waals surface area (Å²) in [6.07, 6.45) is 0.546. The fourth-order valence-electron chi connectivity index (χ4n) is 2.60. The molecule has 9 heteroatoms. The zero-order valence-electron chi connectivity index (χ0n) is 15.9. The van der Waals surface area contributed by atoms with Gasteiger partial charge in [0.1, 0.15) is 0 Å². The average molecular weight is 411 g/mol. The minimum Gasteiger partial charge on any atom is -0.462 e. The molecule has 0 atom stereocenters. The van der Waals surface area contributed by atoms with Gasteiger partial charge in [0.05, 0.1) is 23.6 Å². The largest absolute Gasteiger partial charge is 0.462 e. The van der Waals surface area contributed by atoms with E-state index in [1.165, 1.54) is 16.4 Å². The Labute approximate surface area is 172 Å². The van der Waals surface area contributed by atoms with Crippen molar-refractivity contribution in [3.63, 3.8) is 0 Å². The number of nitrogens with one attached hydrogen (secondary N) is 1. The van der Waals surface area contributed by atoms with Gasteiger partial charge in [0.2, 0.25) is 11.1 Å². The maximum atomic E-state index is 12.3. The van der Waals surface area contributed by atoms with Crippen molar-refractivity contribution in [1.29, 1.82) is 0 Å². The molecule has 1 amide bonds. The van der Waals surface area contributed by atoms with Gasteiger partial charge in [-0.2, -0.15) is 0 Å². The maximum Gasteiger partial charge on any atom is 0.340 e. The van der Waals surface area contributed by atoms with Gasteiger partial charge in [-0.15, -0.1) is 10.2 Å². The highest BCUT2D eigenvalue weighted by molar-refractivity contribution is 7.99. The lowest BCUT2D eigenvalue weighted by atomic mass is 10.1. The summed E-state index contributed by atoms with van der Waals surface area (Å²) >= 11 is 1.17. The Hall–Kier alpha value is -3.33.